The number of hydrogen-bond donors (Lipinski definition) is 1. The van der Waals surface area contributed by atoms with Crippen LogP contribution in [0.25, 0.3) is 0 Å². The molecule has 0 radical (unpaired) electrons. The summed E-state index contributed by atoms with van der Waals surface area (Å²) in [7, 11) is 0. The molecule has 1 rings (SSSR count). The lowest BCUT2D eigenvalue weighted by atomic mass is 10.1. The minimum atomic E-state index is -1.05. The molecule has 0 fully saturated rings. The summed E-state index contributed by atoms with van der Waals surface area (Å²) >= 11 is 0. The van der Waals surface area contributed by atoms with E-state index >= 15 is 0 Å². The van der Waals surface area contributed by atoms with Gasteiger partial charge in [0.05, 0.1) is 0 Å². The Kier molecular flexibility index (Phi) is 12.4. The smallest absolute Gasteiger partial charge is 0.458 e. The average molecular weight is 510 g/mol. The molecule has 2 N–H and O–H groups in total. The molecule has 0 unspecified atom stereocenters. The number of benzene rings is 1. The zero-order chi connectivity index (χ0) is 27.5. The molecule has 0 spiro atoms. The van der Waals surface area contributed by atoms with Crippen LogP contribution in [0.3, 0.4) is 0 Å². The summed E-state index contributed by atoms with van der Waals surface area (Å²) in [5.41, 5.74) is 5.89. The third-order valence-electron chi connectivity index (χ3n) is 4.76. The molecule has 0 aliphatic rings. The molecule has 36 heavy (non-hydrogen) atoms. The van der Waals surface area contributed by atoms with E-state index in [1.54, 1.807) is 40.7 Å². The summed E-state index contributed by atoms with van der Waals surface area (Å²) in [6.45, 7) is 12.0. The fourth-order valence-electron chi connectivity index (χ4n) is 2.82. The van der Waals surface area contributed by atoms with Crippen LogP contribution >= 0.6 is 0 Å². The third kappa shape index (κ3) is 11.5. The number of nitrogens with two attached hydrogens (primary N) is 1. The lowest BCUT2D eigenvalue weighted by molar-refractivity contribution is -0.156. The van der Waals surface area contributed by atoms with Gasteiger partial charge in [-0.1, -0.05) is 19.9 Å². The van der Waals surface area contributed by atoms with Crippen molar-refractivity contribution < 1.29 is 42.9 Å². The van der Waals surface area contributed by atoms with E-state index in [0.29, 0.717) is 18.4 Å². The van der Waals surface area contributed by atoms with Crippen molar-refractivity contribution in [2.45, 2.75) is 104 Å². The standard InChI is InChI=1S/C26H39NO9/c1-8-10-22(28)34-20-13-12-18(15-21(20)35-23(29)11-9-2)14-19(27)24(30)32-16(3)17(4)33-25(31)36-26(5,6)7/h12-13,15-17,19H,8-11,14,27H2,1-7H3/t16-,17-,19-/m0/s1. The van der Waals surface area contributed by atoms with Crippen molar-refractivity contribution in [2.75, 3.05) is 0 Å². The van der Waals surface area contributed by atoms with Crippen LogP contribution in [-0.2, 0) is 35.0 Å². The molecular weight excluding hydrogens is 470 g/mol. The Hall–Kier alpha value is -3.14. The van der Waals surface area contributed by atoms with Crippen LogP contribution < -0.4 is 15.2 Å². The minimum Gasteiger partial charge on any atom is -0.458 e. The van der Waals surface area contributed by atoms with E-state index in [2.05, 4.69) is 0 Å². The van der Waals surface area contributed by atoms with Gasteiger partial charge in [-0.2, -0.15) is 0 Å². The molecule has 10 nitrogen and oxygen atoms in total. The van der Waals surface area contributed by atoms with Crippen molar-refractivity contribution in [2.24, 2.45) is 5.73 Å². The van der Waals surface area contributed by atoms with Crippen molar-refractivity contribution in [1.82, 2.24) is 0 Å². The molecule has 0 aromatic heterocycles. The summed E-state index contributed by atoms with van der Waals surface area (Å²) in [4.78, 5) is 48.4. The molecule has 0 heterocycles. The molecule has 10 heteroatoms. The maximum Gasteiger partial charge on any atom is 0.509 e. The van der Waals surface area contributed by atoms with Crippen LogP contribution in [0, 0.1) is 0 Å². The normalized spacial score (nSPS) is 13.7. The molecule has 1 aromatic rings. The molecule has 1 aromatic carbocycles. The van der Waals surface area contributed by atoms with Crippen molar-refractivity contribution >= 4 is 24.1 Å². The zero-order valence-electron chi connectivity index (χ0n) is 22.3. The van der Waals surface area contributed by atoms with Crippen LogP contribution in [0.2, 0.25) is 0 Å². The number of ether oxygens (including phenoxy) is 5. The molecule has 3 atom stereocenters. The molecule has 202 valence electrons. The SMILES string of the molecule is CCCC(=O)Oc1ccc(C[C@H](N)C(=O)O[C@@H](C)[C@H](C)OC(=O)OC(C)(C)C)cc1OC(=O)CCC. The summed E-state index contributed by atoms with van der Waals surface area (Å²) in [6, 6.07) is 3.58. The van der Waals surface area contributed by atoms with E-state index < -0.39 is 47.9 Å². The highest BCUT2D eigenvalue weighted by Crippen LogP contribution is 2.30. The Morgan fingerprint density at radius 2 is 1.39 bits per heavy atom. The van der Waals surface area contributed by atoms with E-state index in [1.165, 1.54) is 12.1 Å². The lowest BCUT2D eigenvalue weighted by Crippen LogP contribution is -2.40. The Morgan fingerprint density at radius 3 is 1.92 bits per heavy atom. The summed E-state index contributed by atoms with van der Waals surface area (Å²) in [5.74, 6) is -1.44. The van der Waals surface area contributed by atoms with Crippen LogP contribution in [0.1, 0.15) is 79.7 Å². The highest BCUT2D eigenvalue weighted by Gasteiger charge is 2.27. The van der Waals surface area contributed by atoms with Gasteiger partial charge in [0.2, 0.25) is 0 Å². The van der Waals surface area contributed by atoms with Crippen molar-refractivity contribution in [3.63, 3.8) is 0 Å². The zero-order valence-corrected chi connectivity index (χ0v) is 22.3. The molecular formula is C26H39NO9. The molecule has 0 saturated heterocycles. The second-order valence-corrected chi connectivity index (χ2v) is 9.47. The van der Waals surface area contributed by atoms with Gasteiger partial charge in [-0.25, -0.2) is 4.79 Å². The Morgan fingerprint density at radius 1 is 0.861 bits per heavy atom. The Bertz CT molecular complexity index is 907. The van der Waals surface area contributed by atoms with E-state index in [-0.39, 0.29) is 30.8 Å². The first-order chi connectivity index (χ1) is 16.7. The molecule has 0 saturated carbocycles. The van der Waals surface area contributed by atoms with Crippen LogP contribution in [0.15, 0.2) is 18.2 Å². The second kappa shape index (κ2) is 14.4. The fourth-order valence-corrected chi connectivity index (χ4v) is 2.82. The second-order valence-electron chi connectivity index (χ2n) is 9.47. The predicted octanol–water partition coefficient (Wildman–Crippen LogP) is 4.24. The monoisotopic (exact) mass is 509 g/mol. The first kappa shape index (κ1) is 30.9. The number of rotatable bonds is 12. The van der Waals surface area contributed by atoms with Gasteiger partial charge >= 0.3 is 24.1 Å². The van der Waals surface area contributed by atoms with Gasteiger partial charge in [0, 0.05) is 12.8 Å². The lowest BCUT2D eigenvalue weighted by Gasteiger charge is -2.24. The molecule has 0 aliphatic carbocycles. The third-order valence-corrected chi connectivity index (χ3v) is 4.76. The van der Waals surface area contributed by atoms with Crippen molar-refractivity contribution in [1.29, 1.82) is 0 Å². The van der Waals surface area contributed by atoms with Crippen molar-refractivity contribution in [3.8, 4) is 11.5 Å². The van der Waals surface area contributed by atoms with Gasteiger partial charge in [-0.3, -0.25) is 14.4 Å². The van der Waals surface area contributed by atoms with Gasteiger partial charge in [-0.05, 0) is 71.6 Å². The summed E-state index contributed by atoms with van der Waals surface area (Å²) < 4.78 is 26.3. The maximum absolute atomic E-state index is 12.5. The van der Waals surface area contributed by atoms with Gasteiger partial charge in [-0.15, -0.1) is 0 Å². The summed E-state index contributed by atoms with van der Waals surface area (Å²) in [6.07, 6.45) is -0.733. The van der Waals surface area contributed by atoms with E-state index in [9.17, 15) is 19.2 Å². The number of hydrogen-bond acceptors (Lipinski definition) is 10. The van der Waals surface area contributed by atoms with Crippen LogP contribution in [0.4, 0.5) is 4.79 Å². The van der Waals surface area contributed by atoms with Gasteiger partial charge < -0.3 is 29.4 Å². The van der Waals surface area contributed by atoms with E-state index in [0.717, 1.165) is 0 Å². The van der Waals surface area contributed by atoms with Crippen LogP contribution in [-0.4, -0.2) is 47.9 Å². The number of carbonyl (C=O) groups is 4. The summed E-state index contributed by atoms with van der Waals surface area (Å²) in [5, 5.41) is 0. The first-order valence-corrected chi connectivity index (χ1v) is 12.2. The predicted molar refractivity (Wildman–Crippen MR) is 132 cm³/mol. The van der Waals surface area contributed by atoms with Crippen LogP contribution in [0.5, 0.6) is 11.5 Å². The average Bonchev–Trinajstić information content (AvgIpc) is 2.74. The Balaban J connectivity index is 2.85. The van der Waals surface area contributed by atoms with Gasteiger partial charge in [0.25, 0.3) is 0 Å². The number of carbonyl (C=O) groups excluding carboxylic acids is 4. The minimum absolute atomic E-state index is 0.0639. The maximum atomic E-state index is 12.5. The number of esters is 3. The molecule has 0 amide bonds. The van der Waals surface area contributed by atoms with E-state index in [4.69, 9.17) is 29.4 Å². The highest BCUT2D eigenvalue weighted by molar-refractivity contribution is 5.77. The largest absolute Gasteiger partial charge is 0.509 e. The van der Waals surface area contributed by atoms with Gasteiger partial charge in [0.1, 0.15) is 23.9 Å². The molecule has 0 bridgehead atoms. The molecule has 0 aliphatic heterocycles. The quantitative estimate of drug-likeness (QED) is 0.321. The van der Waals surface area contributed by atoms with E-state index in [1.807, 2.05) is 13.8 Å². The highest BCUT2D eigenvalue weighted by atomic mass is 16.7. The first-order valence-electron chi connectivity index (χ1n) is 12.2. The fraction of sp³-hybridized carbons (Fsp3) is 0.615. The van der Waals surface area contributed by atoms with Crippen molar-refractivity contribution in [3.05, 3.63) is 23.8 Å². The van der Waals surface area contributed by atoms with Gasteiger partial charge in [0.15, 0.2) is 11.5 Å². The Labute approximate surface area is 212 Å². The topological polar surface area (TPSA) is 140 Å².